The number of hydrogen-bond acceptors (Lipinski definition) is 6. The van der Waals surface area contributed by atoms with Gasteiger partial charge in [-0.05, 0) is 61.7 Å². The number of ether oxygens (including phenoxy) is 1. The molecule has 7 nitrogen and oxygen atoms in total. The molecule has 8 heteroatoms. The zero-order chi connectivity index (χ0) is 29.9. The Bertz CT molecular complexity index is 1410. The molecule has 0 radical (unpaired) electrons. The zero-order valence-corrected chi connectivity index (χ0v) is 26.1. The maximum Gasteiger partial charge on any atom is 0.417 e. The van der Waals surface area contributed by atoms with Crippen molar-refractivity contribution in [1.82, 2.24) is 9.88 Å². The Hall–Kier alpha value is -3.33. The van der Waals surface area contributed by atoms with Gasteiger partial charge in [0.1, 0.15) is 6.61 Å². The highest BCUT2D eigenvalue weighted by Gasteiger charge is 2.44. The molecule has 1 aromatic heterocycles. The van der Waals surface area contributed by atoms with Gasteiger partial charge < -0.3 is 14.3 Å². The number of nitrogens with zero attached hydrogens (tertiary/aromatic N) is 2. The highest BCUT2D eigenvalue weighted by atomic mass is 28.4. The highest BCUT2D eigenvalue weighted by Crippen LogP contribution is 2.38. The van der Waals surface area contributed by atoms with Crippen LogP contribution in [0.25, 0.3) is 17.0 Å². The summed E-state index contributed by atoms with van der Waals surface area (Å²) in [6.45, 7) is 14.6. The average Bonchev–Trinajstić information content (AvgIpc) is 3.27. The Morgan fingerprint density at radius 1 is 1.15 bits per heavy atom. The molecule has 2 amide bonds. The summed E-state index contributed by atoms with van der Waals surface area (Å²) < 4.78 is 12.1. The number of hydrogen-bond donors (Lipinski definition) is 1. The Labute approximate surface area is 244 Å². The van der Waals surface area contributed by atoms with Gasteiger partial charge in [-0.2, -0.15) is 0 Å². The molecule has 1 aliphatic rings. The van der Waals surface area contributed by atoms with E-state index in [4.69, 9.17) is 9.16 Å². The molecule has 2 heterocycles. The molecular weight excluding hydrogens is 532 g/mol. The molecule has 1 unspecified atom stereocenters. The standard InChI is InChI=1S/C33H42N2O5Si/c1-22(36)29-18-16-26-15-13-25(20-30(26)34-29)14-17-28(23(2)40-41(6,7)33(3,4)5)31(37)35-27(21-39-32(35)38)19-24-11-9-8-10-12-24/h8-18,20,22-23,27-28,36H,19,21H2,1-7H3/b17-14+/t22?,23-,27+,28+/m0/s1. The van der Waals surface area contributed by atoms with E-state index in [2.05, 4.69) is 38.8 Å². The van der Waals surface area contributed by atoms with E-state index in [1.807, 2.05) is 79.7 Å². The largest absolute Gasteiger partial charge is 0.447 e. The third kappa shape index (κ3) is 7.12. The van der Waals surface area contributed by atoms with Gasteiger partial charge in [-0.15, -0.1) is 0 Å². The van der Waals surface area contributed by atoms with Crippen LogP contribution in [0.2, 0.25) is 18.1 Å². The van der Waals surface area contributed by atoms with Gasteiger partial charge in [0.15, 0.2) is 8.32 Å². The fourth-order valence-corrected chi connectivity index (χ4v) is 6.21. The van der Waals surface area contributed by atoms with Gasteiger partial charge in [-0.1, -0.05) is 81.5 Å². The normalized spacial score (nSPS) is 18.5. The zero-order valence-electron chi connectivity index (χ0n) is 25.1. The number of benzene rings is 2. The second kappa shape index (κ2) is 12.3. The summed E-state index contributed by atoms with van der Waals surface area (Å²) in [7, 11) is -2.23. The Balaban J connectivity index is 1.67. The van der Waals surface area contributed by atoms with Gasteiger partial charge in [0.05, 0.1) is 35.4 Å². The van der Waals surface area contributed by atoms with Crippen LogP contribution in [-0.2, 0) is 20.4 Å². The van der Waals surface area contributed by atoms with Gasteiger partial charge in [-0.25, -0.2) is 9.69 Å². The first kappa shape index (κ1) is 30.6. The van der Waals surface area contributed by atoms with E-state index in [1.165, 1.54) is 4.90 Å². The predicted molar refractivity (Wildman–Crippen MR) is 165 cm³/mol. The Morgan fingerprint density at radius 2 is 1.83 bits per heavy atom. The van der Waals surface area contributed by atoms with Crippen molar-refractivity contribution in [2.24, 2.45) is 5.92 Å². The van der Waals surface area contributed by atoms with Gasteiger partial charge >= 0.3 is 6.09 Å². The summed E-state index contributed by atoms with van der Waals surface area (Å²) in [5.74, 6) is -1.04. The molecule has 0 aliphatic carbocycles. The van der Waals surface area contributed by atoms with Gasteiger partial charge in [0.2, 0.25) is 5.91 Å². The molecule has 218 valence electrons. The number of aliphatic hydroxyl groups excluding tert-OH is 1. The monoisotopic (exact) mass is 574 g/mol. The van der Waals surface area contributed by atoms with Crippen molar-refractivity contribution < 1.29 is 23.9 Å². The van der Waals surface area contributed by atoms with Crippen LogP contribution in [0.15, 0.2) is 66.7 Å². The maximum absolute atomic E-state index is 14.2. The summed E-state index contributed by atoms with van der Waals surface area (Å²) >= 11 is 0. The molecule has 0 bridgehead atoms. The van der Waals surface area contributed by atoms with E-state index >= 15 is 0 Å². The Kier molecular flexibility index (Phi) is 9.16. The second-order valence-electron chi connectivity index (χ2n) is 12.5. The first-order valence-corrected chi connectivity index (χ1v) is 17.2. The van der Waals surface area contributed by atoms with E-state index < -0.39 is 38.6 Å². The van der Waals surface area contributed by atoms with Crippen LogP contribution >= 0.6 is 0 Å². The molecule has 1 saturated heterocycles. The lowest BCUT2D eigenvalue weighted by molar-refractivity contribution is -0.134. The van der Waals surface area contributed by atoms with E-state index in [9.17, 15) is 14.7 Å². The minimum absolute atomic E-state index is 0.0491. The van der Waals surface area contributed by atoms with Gasteiger partial charge in [0.25, 0.3) is 0 Å². The lowest BCUT2D eigenvalue weighted by Gasteiger charge is -2.40. The molecule has 41 heavy (non-hydrogen) atoms. The molecule has 4 atom stereocenters. The maximum atomic E-state index is 14.2. The highest BCUT2D eigenvalue weighted by molar-refractivity contribution is 6.74. The number of aromatic nitrogens is 1. The number of rotatable bonds is 9. The second-order valence-corrected chi connectivity index (χ2v) is 17.2. The number of pyridine rings is 1. The minimum Gasteiger partial charge on any atom is -0.447 e. The SMILES string of the molecule is CC(O)c1ccc2ccc(/C=C/[C@@H](C(=O)N3C(=O)OC[C@H]3Cc3ccccc3)[C@H](C)O[Si](C)(C)C(C)(C)C)cc2n1. The van der Waals surface area contributed by atoms with E-state index in [1.54, 1.807) is 6.92 Å². The van der Waals surface area contributed by atoms with Crippen LogP contribution in [0.4, 0.5) is 4.79 Å². The first-order chi connectivity index (χ1) is 19.3. The number of amides is 2. The minimum atomic E-state index is -2.23. The predicted octanol–water partition coefficient (Wildman–Crippen LogP) is 6.92. The van der Waals surface area contributed by atoms with Crippen molar-refractivity contribution >= 4 is 37.3 Å². The summed E-state index contributed by atoms with van der Waals surface area (Å²) in [5, 5.41) is 10.9. The van der Waals surface area contributed by atoms with Crippen molar-refractivity contribution in [2.75, 3.05) is 6.61 Å². The molecule has 1 fully saturated rings. The van der Waals surface area contributed by atoms with E-state index in [-0.39, 0.29) is 17.6 Å². The van der Waals surface area contributed by atoms with Crippen LogP contribution < -0.4 is 0 Å². The summed E-state index contributed by atoms with van der Waals surface area (Å²) in [6.07, 6.45) is 2.50. The average molecular weight is 575 g/mol. The molecule has 0 spiro atoms. The van der Waals surface area contributed by atoms with Crippen LogP contribution in [0, 0.1) is 5.92 Å². The van der Waals surface area contributed by atoms with E-state index in [0.29, 0.717) is 12.1 Å². The van der Waals surface area contributed by atoms with Gasteiger partial charge in [0, 0.05) is 5.39 Å². The van der Waals surface area contributed by atoms with Crippen molar-refractivity contribution in [3.63, 3.8) is 0 Å². The molecule has 0 saturated carbocycles. The van der Waals surface area contributed by atoms with Crippen molar-refractivity contribution in [2.45, 2.75) is 77.4 Å². The number of carbonyl (C=O) groups excluding carboxylic acids is 2. The van der Waals surface area contributed by atoms with Crippen LogP contribution in [0.1, 0.15) is 57.5 Å². The summed E-state index contributed by atoms with van der Waals surface area (Å²) in [4.78, 5) is 32.9. The van der Waals surface area contributed by atoms with Crippen LogP contribution in [0.5, 0.6) is 0 Å². The summed E-state index contributed by atoms with van der Waals surface area (Å²) in [6, 6.07) is 19.0. The Morgan fingerprint density at radius 3 is 2.49 bits per heavy atom. The molecule has 1 N–H and O–H groups in total. The number of imide groups is 1. The number of cyclic esters (lactones) is 1. The molecule has 2 aromatic carbocycles. The number of fused-ring (bicyclic) bond motifs is 1. The quantitative estimate of drug-likeness (QED) is 0.279. The smallest absolute Gasteiger partial charge is 0.417 e. The molecule has 1 aliphatic heterocycles. The number of carbonyl (C=O) groups is 2. The lowest BCUT2D eigenvalue weighted by atomic mass is 9.98. The fourth-order valence-electron chi connectivity index (χ4n) is 4.78. The molecule has 3 aromatic rings. The topological polar surface area (TPSA) is 89.0 Å². The fraction of sp³-hybridized carbons (Fsp3) is 0.424. The number of aliphatic hydroxyl groups is 1. The molecular formula is C33H42N2O5Si. The van der Waals surface area contributed by atoms with E-state index in [0.717, 1.165) is 22.0 Å². The van der Waals surface area contributed by atoms with Crippen molar-refractivity contribution in [3.8, 4) is 0 Å². The van der Waals surface area contributed by atoms with Gasteiger partial charge in [-0.3, -0.25) is 9.78 Å². The van der Waals surface area contributed by atoms with Crippen molar-refractivity contribution in [1.29, 1.82) is 0 Å². The third-order valence-corrected chi connectivity index (χ3v) is 12.8. The summed E-state index contributed by atoms with van der Waals surface area (Å²) in [5.41, 5.74) is 3.24. The lowest BCUT2D eigenvalue weighted by Crippen LogP contribution is -2.50. The molecule has 4 rings (SSSR count). The van der Waals surface area contributed by atoms with Crippen LogP contribution in [-0.4, -0.2) is 54.1 Å². The first-order valence-electron chi connectivity index (χ1n) is 14.3. The van der Waals surface area contributed by atoms with Crippen LogP contribution in [0.3, 0.4) is 0 Å². The third-order valence-electron chi connectivity index (χ3n) is 8.25. The van der Waals surface area contributed by atoms with Crippen molar-refractivity contribution in [3.05, 3.63) is 83.6 Å².